The van der Waals surface area contributed by atoms with Gasteiger partial charge >= 0.3 is 0 Å². The van der Waals surface area contributed by atoms with E-state index in [4.69, 9.17) is 4.74 Å². The maximum atomic E-state index is 13.3. The van der Waals surface area contributed by atoms with Gasteiger partial charge in [0.1, 0.15) is 11.8 Å². The molecule has 4 N–H and O–H groups in total. The second-order valence-corrected chi connectivity index (χ2v) is 14.4. The molecule has 4 aromatic rings. The molecule has 0 bridgehead atoms. The van der Waals surface area contributed by atoms with Crippen molar-refractivity contribution in [2.45, 2.75) is 103 Å². The molecule has 2 aromatic carbocycles. The van der Waals surface area contributed by atoms with E-state index in [-0.39, 0.29) is 17.7 Å². The van der Waals surface area contributed by atoms with Crippen molar-refractivity contribution in [3.05, 3.63) is 88.4 Å². The van der Waals surface area contributed by atoms with Crippen molar-refractivity contribution in [3.63, 3.8) is 0 Å². The van der Waals surface area contributed by atoms with Gasteiger partial charge in [-0.1, -0.05) is 96.7 Å². The van der Waals surface area contributed by atoms with E-state index < -0.39 is 24.3 Å². The van der Waals surface area contributed by atoms with Crippen molar-refractivity contribution < 1.29 is 24.5 Å². The van der Waals surface area contributed by atoms with Gasteiger partial charge in [0.25, 0.3) is 5.91 Å². The molecule has 0 fully saturated rings. The second kappa shape index (κ2) is 18.0. The number of aromatic nitrogens is 2. The highest BCUT2D eigenvalue weighted by atomic mass is 32.1. The minimum atomic E-state index is -1.72. The molecule has 2 atom stereocenters. The van der Waals surface area contributed by atoms with Crippen LogP contribution < -0.4 is 15.4 Å². The van der Waals surface area contributed by atoms with E-state index in [1.54, 1.807) is 25.4 Å². The molecule has 49 heavy (non-hydrogen) atoms. The lowest BCUT2D eigenvalue weighted by Gasteiger charge is -2.24. The fraction of sp³-hybridized carbons (Fsp3) is 0.436. The van der Waals surface area contributed by atoms with Crippen LogP contribution in [0.5, 0.6) is 5.75 Å². The summed E-state index contributed by atoms with van der Waals surface area (Å²) in [5.74, 6) is 0.568. The zero-order valence-corrected chi connectivity index (χ0v) is 30.1. The Kier molecular flexibility index (Phi) is 13.9. The van der Waals surface area contributed by atoms with E-state index in [1.165, 1.54) is 37.0 Å². The summed E-state index contributed by atoms with van der Waals surface area (Å²) < 4.78 is 5.89. The van der Waals surface area contributed by atoms with Crippen LogP contribution in [0.25, 0.3) is 22.5 Å². The van der Waals surface area contributed by atoms with Gasteiger partial charge in [-0.15, -0.1) is 11.3 Å². The summed E-state index contributed by atoms with van der Waals surface area (Å²) in [5, 5.41) is 24.9. The average molecular weight is 687 g/mol. The molecular formula is C39H50N4O5S. The van der Waals surface area contributed by atoms with Crippen molar-refractivity contribution in [1.82, 2.24) is 20.6 Å². The van der Waals surface area contributed by atoms with Crippen molar-refractivity contribution in [2.75, 3.05) is 6.61 Å². The number of rotatable bonds is 17. The SMILES string of the molecule is CCCCCCCOc1ccc(-c2cnc(-c3ccc(C[C@H](NC(=O)c4ccc(C(C)(C)C)s4)C(=O)N[C@@H](CC)C(O)O)cc3)nc2)cc1. The number of hydrogen-bond acceptors (Lipinski definition) is 8. The van der Waals surface area contributed by atoms with Gasteiger partial charge in [-0.25, -0.2) is 9.97 Å². The quantitative estimate of drug-likeness (QED) is 0.0690. The van der Waals surface area contributed by atoms with Crippen LogP contribution >= 0.6 is 11.3 Å². The molecule has 0 unspecified atom stereocenters. The van der Waals surface area contributed by atoms with Gasteiger partial charge in [-0.3, -0.25) is 9.59 Å². The Morgan fingerprint density at radius 2 is 1.47 bits per heavy atom. The molecular weight excluding hydrogens is 637 g/mol. The Bertz CT molecular complexity index is 1610. The number of nitrogens with zero attached hydrogens (tertiary/aromatic N) is 2. The highest BCUT2D eigenvalue weighted by Gasteiger charge is 2.27. The summed E-state index contributed by atoms with van der Waals surface area (Å²) in [5.41, 5.74) is 3.41. The van der Waals surface area contributed by atoms with Crippen LogP contribution in [-0.2, 0) is 16.6 Å². The maximum absolute atomic E-state index is 13.3. The maximum Gasteiger partial charge on any atom is 0.262 e. The van der Waals surface area contributed by atoms with Crippen LogP contribution in [0.4, 0.5) is 0 Å². The minimum absolute atomic E-state index is 0.106. The number of carbonyl (C=O) groups excluding carboxylic acids is 2. The lowest BCUT2D eigenvalue weighted by molar-refractivity contribution is -0.128. The Morgan fingerprint density at radius 1 is 0.816 bits per heavy atom. The summed E-state index contributed by atoms with van der Waals surface area (Å²) in [6.07, 6.45) is 8.41. The van der Waals surface area contributed by atoms with Gasteiger partial charge < -0.3 is 25.6 Å². The molecule has 0 radical (unpaired) electrons. The molecule has 2 amide bonds. The number of benzene rings is 2. The molecule has 2 aromatic heterocycles. The first kappa shape index (κ1) is 37.7. The number of hydrogen-bond donors (Lipinski definition) is 4. The van der Waals surface area contributed by atoms with E-state index in [1.807, 2.05) is 54.6 Å². The van der Waals surface area contributed by atoms with Gasteiger partial charge in [0.2, 0.25) is 5.91 Å². The van der Waals surface area contributed by atoms with Crippen molar-refractivity contribution in [2.24, 2.45) is 0 Å². The Hall–Kier alpha value is -4.12. The lowest BCUT2D eigenvalue weighted by Crippen LogP contribution is -2.53. The van der Waals surface area contributed by atoms with Gasteiger partial charge in [-0.2, -0.15) is 0 Å². The third kappa shape index (κ3) is 11.2. The van der Waals surface area contributed by atoms with E-state index in [2.05, 4.69) is 48.3 Å². The number of aliphatic hydroxyl groups is 2. The predicted molar refractivity (Wildman–Crippen MR) is 196 cm³/mol. The van der Waals surface area contributed by atoms with Gasteiger partial charge in [0.15, 0.2) is 12.1 Å². The first-order valence-electron chi connectivity index (χ1n) is 17.2. The Balaban J connectivity index is 1.41. The van der Waals surface area contributed by atoms with Gasteiger partial charge in [0.05, 0.1) is 17.5 Å². The lowest BCUT2D eigenvalue weighted by atomic mass is 9.95. The fourth-order valence-electron chi connectivity index (χ4n) is 5.26. The van der Waals surface area contributed by atoms with E-state index in [0.29, 0.717) is 17.1 Å². The molecule has 0 saturated heterocycles. The minimum Gasteiger partial charge on any atom is -0.494 e. The molecule has 10 heteroatoms. The van der Waals surface area contributed by atoms with E-state index in [9.17, 15) is 19.8 Å². The monoisotopic (exact) mass is 686 g/mol. The Labute approximate surface area is 294 Å². The molecule has 0 aliphatic heterocycles. The van der Waals surface area contributed by atoms with Crippen molar-refractivity contribution in [1.29, 1.82) is 0 Å². The molecule has 9 nitrogen and oxygen atoms in total. The van der Waals surface area contributed by atoms with Crippen molar-refractivity contribution in [3.8, 4) is 28.3 Å². The predicted octanol–water partition coefficient (Wildman–Crippen LogP) is 7.07. The molecule has 0 aliphatic carbocycles. The summed E-state index contributed by atoms with van der Waals surface area (Å²) in [4.78, 5) is 37.3. The van der Waals surface area contributed by atoms with Crippen LogP contribution in [0.2, 0.25) is 0 Å². The summed E-state index contributed by atoms with van der Waals surface area (Å²) in [6, 6.07) is 17.4. The van der Waals surface area contributed by atoms with E-state index in [0.717, 1.165) is 45.9 Å². The molecule has 4 rings (SSSR count). The highest BCUT2D eigenvalue weighted by Crippen LogP contribution is 2.29. The number of nitrogens with one attached hydrogen (secondary N) is 2. The standard InChI is InChI=1S/C39H50N4O5S/c1-6-8-9-10-11-22-48-30-18-16-27(17-19-30)29-24-40-35(41-25-29)28-14-12-26(13-15-28)23-32(36(44)42-31(7-2)38(46)47)43-37(45)33-20-21-34(49-33)39(3,4)5/h12-21,24-25,31-32,38,46-47H,6-11,22-23H2,1-5H3,(H,42,44)(H,43,45)/t31-,32-/m0/s1. The largest absolute Gasteiger partial charge is 0.494 e. The first-order valence-corrected chi connectivity index (χ1v) is 18.0. The highest BCUT2D eigenvalue weighted by molar-refractivity contribution is 7.14. The van der Waals surface area contributed by atoms with Crippen molar-refractivity contribution >= 4 is 23.2 Å². The zero-order chi connectivity index (χ0) is 35.4. The number of thiophene rings is 1. The van der Waals surface area contributed by atoms with E-state index >= 15 is 0 Å². The molecule has 0 spiro atoms. The number of ether oxygens (including phenoxy) is 1. The normalized spacial score (nSPS) is 12.8. The number of unbranched alkanes of at least 4 members (excludes halogenated alkanes) is 4. The second-order valence-electron chi connectivity index (χ2n) is 13.4. The van der Waals surface area contributed by atoms with Crippen LogP contribution in [0.3, 0.4) is 0 Å². The fourth-order valence-corrected chi connectivity index (χ4v) is 6.23. The average Bonchev–Trinajstić information content (AvgIpc) is 3.61. The first-order chi connectivity index (χ1) is 23.5. The van der Waals surface area contributed by atoms with Crippen LogP contribution in [-0.4, -0.2) is 57.0 Å². The molecule has 2 heterocycles. The third-order valence-corrected chi connectivity index (χ3v) is 9.84. The number of carbonyl (C=O) groups is 2. The summed E-state index contributed by atoms with van der Waals surface area (Å²) in [7, 11) is 0. The van der Waals surface area contributed by atoms with Gasteiger partial charge in [0, 0.05) is 34.8 Å². The summed E-state index contributed by atoms with van der Waals surface area (Å²) >= 11 is 1.39. The van der Waals surface area contributed by atoms with Crippen LogP contribution in [0.1, 0.15) is 93.3 Å². The van der Waals surface area contributed by atoms with Crippen LogP contribution in [0, 0.1) is 0 Å². The zero-order valence-electron chi connectivity index (χ0n) is 29.2. The van der Waals surface area contributed by atoms with Crippen LogP contribution in [0.15, 0.2) is 73.1 Å². The number of aliphatic hydroxyl groups excluding tert-OH is 1. The third-order valence-electron chi connectivity index (χ3n) is 8.33. The molecule has 0 aliphatic rings. The Morgan fingerprint density at radius 3 is 2.06 bits per heavy atom. The van der Waals surface area contributed by atoms with Gasteiger partial charge in [-0.05, 0) is 53.6 Å². The number of amides is 2. The molecule has 262 valence electrons. The smallest absolute Gasteiger partial charge is 0.262 e. The summed E-state index contributed by atoms with van der Waals surface area (Å²) in [6.45, 7) is 10.9. The topological polar surface area (TPSA) is 134 Å². The molecule has 0 saturated carbocycles.